The van der Waals surface area contributed by atoms with E-state index in [4.69, 9.17) is 4.74 Å². The van der Waals surface area contributed by atoms with Crippen molar-refractivity contribution < 1.29 is 4.74 Å². The van der Waals surface area contributed by atoms with E-state index in [-0.39, 0.29) is 0 Å². The highest BCUT2D eigenvalue weighted by Gasteiger charge is 2.19. The highest BCUT2D eigenvalue weighted by Crippen LogP contribution is 2.33. The molecule has 2 aromatic rings. The maximum absolute atomic E-state index is 5.43. The van der Waals surface area contributed by atoms with Gasteiger partial charge in [-0.15, -0.1) is 0 Å². The Balaban J connectivity index is 1.76. The molecule has 3 heteroatoms. The van der Waals surface area contributed by atoms with E-state index in [0.29, 0.717) is 5.92 Å². The molecule has 21 heavy (non-hydrogen) atoms. The SMILES string of the molecule is COc1ccc(Br)cc1NCC1CCCc2ccccc21. The summed E-state index contributed by atoms with van der Waals surface area (Å²) in [6.45, 7) is 0.948. The second kappa shape index (κ2) is 6.52. The van der Waals surface area contributed by atoms with Crippen molar-refractivity contribution in [1.29, 1.82) is 0 Å². The van der Waals surface area contributed by atoms with Crippen molar-refractivity contribution in [2.45, 2.75) is 25.2 Å². The van der Waals surface area contributed by atoms with Crippen molar-refractivity contribution in [2.75, 3.05) is 19.0 Å². The molecule has 1 unspecified atom stereocenters. The monoisotopic (exact) mass is 345 g/mol. The molecule has 0 saturated carbocycles. The number of ether oxygens (including phenoxy) is 1. The summed E-state index contributed by atoms with van der Waals surface area (Å²) in [4.78, 5) is 0. The fourth-order valence-electron chi connectivity index (χ4n) is 3.12. The summed E-state index contributed by atoms with van der Waals surface area (Å²) in [5.41, 5.74) is 4.07. The first-order valence-corrected chi connectivity index (χ1v) is 8.22. The molecule has 1 N–H and O–H groups in total. The summed E-state index contributed by atoms with van der Waals surface area (Å²) in [6, 6.07) is 14.9. The molecule has 3 rings (SSSR count). The third-order valence-corrected chi connectivity index (χ3v) is 4.69. The van der Waals surface area contributed by atoms with Gasteiger partial charge in [0.15, 0.2) is 0 Å². The third-order valence-electron chi connectivity index (χ3n) is 4.19. The van der Waals surface area contributed by atoms with Crippen LogP contribution in [0.2, 0.25) is 0 Å². The average molecular weight is 346 g/mol. The van der Waals surface area contributed by atoms with Crippen molar-refractivity contribution in [3.63, 3.8) is 0 Å². The predicted molar refractivity (Wildman–Crippen MR) is 91.3 cm³/mol. The Kier molecular flexibility index (Phi) is 4.49. The number of fused-ring (bicyclic) bond motifs is 1. The number of hydrogen-bond donors (Lipinski definition) is 1. The van der Waals surface area contributed by atoms with Gasteiger partial charge in [-0.2, -0.15) is 0 Å². The van der Waals surface area contributed by atoms with Gasteiger partial charge in [0.05, 0.1) is 12.8 Å². The molecule has 0 heterocycles. The first-order valence-electron chi connectivity index (χ1n) is 7.43. The molecule has 2 nitrogen and oxygen atoms in total. The fraction of sp³-hybridized carbons (Fsp3) is 0.333. The van der Waals surface area contributed by atoms with E-state index in [2.05, 4.69) is 51.6 Å². The van der Waals surface area contributed by atoms with Crippen LogP contribution in [0.4, 0.5) is 5.69 Å². The third kappa shape index (κ3) is 3.24. The van der Waals surface area contributed by atoms with Crippen LogP contribution in [0.1, 0.15) is 29.9 Å². The maximum atomic E-state index is 5.43. The molecule has 0 radical (unpaired) electrons. The Labute approximate surface area is 134 Å². The quantitative estimate of drug-likeness (QED) is 0.842. The van der Waals surface area contributed by atoms with Crippen molar-refractivity contribution in [3.05, 3.63) is 58.1 Å². The van der Waals surface area contributed by atoms with E-state index < -0.39 is 0 Å². The van der Waals surface area contributed by atoms with Gasteiger partial charge in [-0.3, -0.25) is 0 Å². The van der Waals surface area contributed by atoms with Crippen molar-refractivity contribution in [3.8, 4) is 5.75 Å². The van der Waals surface area contributed by atoms with Crippen LogP contribution in [0, 0.1) is 0 Å². The molecule has 0 amide bonds. The summed E-state index contributed by atoms with van der Waals surface area (Å²) in [7, 11) is 1.71. The molecular formula is C18H20BrNO. The van der Waals surface area contributed by atoms with Gasteiger partial charge in [0, 0.05) is 16.9 Å². The van der Waals surface area contributed by atoms with Crippen molar-refractivity contribution >= 4 is 21.6 Å². The van der Waals surface area contributed by atoms with Crippen LogP contribution in [0.3, 0.4) is 0 Å². The zero-order chi connectivity index (χ0) is 14.7. The largest absolute Gasteiger partial charge is 0.495 e. The summed E-state index contributed by atoms with van der Waals surface area (Å²) < 4.78 is 6.49. The van der Waals surface area contributed by atoms with Crippen LogP contribution >= 0.6 is 15.9 Å². The van der Waals surface area contributed by atoms with E-state index in [1.807, 2.05) is 12.1 Å². The molecule has 2 aromatic carbocycles. The van der Waals surface area contributed by atoms with Gasteiger partial charge in [-0.1, -0.05) is 40.2 Å². The number of methoxy groups -OCH3 is 1. The minimum atomic E-state index is 0.582. The van der Waals surface area contributed by atoms with Crippen LogP contribution in [-0.4, -0.2) is 13.7 Å². The zero-order valence-corrected chi connectivity index (χ0v) is 13.8. The molecule has 1 aliphatic rings. The van der Waals surface area contributed by atoms with Gasteiger partial charge in [-0.25, -0.2) is 0 Å². The number of aryl methyl sites for hydroxylation is 1. The van der Waals surface area contributed by atoms with Crippen molar-refractivity contribution in [2.24, 2.45) is 0 Å². The number of nitrogens with one attached hydrogen (secondary N) is 1. The Bertz CT molecular complexity index is 626. The molecule has 0 saturated heterocycles. The Morgan fingerprint density at radius 1 is 1.24 bits per heavy atom. The summed E-state index contributed by atoms with van der Waals surface area (Å²) in [5.74, 6) is 1.47. The lowest BCUT2D eigenvalue weighted by Gasteiger charge is -2.26. The summed E-state index contributed by atoms with van der Waals surface area (Å²) >= 11 is 3.52. The van der Waals surface area contributed by atoms with Crippen LogP contribution < -0.4 is 10.1 Å². The Morgan fingerprint density at radius 2 is 2.10 bits per heavy atom. The lowest BCUT2D eigenvalue weighted by molar-refractivity contribution is 0.416. The van der Waals surface area contributed by atoms with E-state index in [1.54, 1.807) is 7.11 Å². The first kappa shape index (κ1) is 14.5. The molecule has 0 aromatic heterocycles. The second-order valence-electron chi connectivity index (χ2n) is 5.51. The van der Waals surface area contributed by atoms with Crippen LogP contribution in [-0.2, 0) is 6.42 Å². The van der Waals surface area contributed by atoms with Gasteiger partial charge in [-0.05, 0) is 48.6 Å². The normalized spacial score (nSPS) is 17.1. The van der Waals surface area contributed by atoms with Crippen molar-refractivity contribution in [1.82, 2.24) is 0 Å². The van der Waals surface area contributed by atoms with E-state index in [0.717, 1.165) is 22.5 Å². The number of benzene rings is 2. The smallest absolute Gasteiger partial charge is 0.142 e. The molecule has 0 aliphatic heterocycles. The number of halogens is 1. The van der Waals surface area contributed by atoms with Crippen LogP contribution in [0.25, 0.3) is 0 Å². The van der Waals surface area contributed by atoms with Gasteiger partial charge >= 0.3 is 0 Å². The summed E-state index contributed by atoms with van der Waals surface area (Å²) in [5, 5.41) is 3.56. The zero-order valence-electron chi connectivity index (χ0n) is 12.2. The van der Waals surface area contributed by atoms with E-state index in [1.165, 1.54) is 30.4 Å². The van der Waals surface area contributed by atoms with Gasteiger partial charge in [0.2, 0.25) is 0 Å². The molecule has 110 valence electrons. The van der Waals surface area contributed by atoms with Gasteiger partial charge in [0.1, 0.15) is 5.75 Å². The summed E-state index contributed by atoms with van der Waals surface area (Å²) in [6.07, 6.45) is 3.74. The lowest BCUT2D eigenvalue weighted by Crippen LogP contribution is -2.18. The number of anilines is 1. The Morgan fingerprint density at radius 3 is 2.95 bits per heavy atom. The Hall–Kier alpha value is -1.48. The fourth-order valence-corrected chi connectivity index (χ4v) is 3.48. The predicted octanol–water partition coefficient (Wildman–Crippen LogP) is 4.99. The topological polar surface area (TPSA) is 21.3 Å². The molecular weight excluding hydrogens is 326 g/mol. The highest BCUT2D eigenvalue weighted by molar-refractivity contribution is 9.10. The van der Waals surface area contributed by atoms with E-state index >= 15 is 0 Å². The number of hydrogen-bond acceptors (Lipinski definition) is 2. The van der Waals surface area contributed by atoms with Gasteiger partial charge < -0.3 is 10.1 Å². The molecule has 0 fully saturated rings. The second-order valence-corrected chi connectivity index (χ2v) is 6.43. The highest BCUT2D eigenvalue weighted by atomic mass is 79.9. The molecule has 0 bridgehead atoms. The van der Waals surface area contributed by atoms with Gasteiger partial charge in [0.25, 0.3) is 0 Å². The molecule has 1 aliphatic carbocycles. The lowest BCUT2D eigenvalue weighted by atomic mass is 9.83. The van der Waals surface area contributed by atoms with E-state index in [9.17, 15) is 0 Å². The standard InChI is InChI=1S/C18H20BrNO/c1-21-18-10-9-15(19)11-17(18)20-12-14-7-4-6-13-5-2-3-8-16(13)14/h2-3,5,8-11,14,20H,4,6-7,12H2,1H3. The minimum absolute atomic E-state index is 0.582. The molecule has 1 atom stereocenters. The molecule has 0 spiro atoms. The maximum Gasteiger partial charge on any atom is 0.142 e. The van der Waals surface area contributed by atoms with Crippen LogP contribution in [0.15, 0.2) is 46.9 Å². The van der Waals surface area contributed by atoms with Crippen LogP contribution in [0.5, 0.6) is 5.75 Å². The number of rotatable bonds is 4. The average Bonchev–Trinajstić information content (AvgIpc) is 2.53. The first-order chi connectivity index (χ1) is 10.3. The minimum Gasteiger partial charge on any atom is -0.495 e.